The molecule has 5 rings (SSSR count). The highest BCUT2D eigenvalue weighted by Gasteiger charge is 2.75. The smallest absolute Gasteiger partial charge is 0.335 e. The average Bonchev–Trinajstić information content (AvgIpc) is 2.99. The average molecular weight is 559 g/mol. The second-order valence-corrected chi connectivity index (χ2v) is 10.4. The van der Waals surface area contributed by atoms with Gasteiger partial charge in [-0.2, -0.15) is 0 Å². The number of esters is 2. The number of carbonyl (C=O) groups is 4. The molecule has 4 atom stereocenters. The summed E-state index contributed by atoms with van der Waals surface area (Å²) < 4.78 is 10.6. The van der Waals surface area contributed by atoms with Crippen LogP contribution < -0.4 is 0 Å². The van der Waals surface area contributed by atoms with Crippen LogP contribution in [0.1, 0.15) is 39.4 Å². The van der Waals surface area contributed by atoms with Gasteiger partial charge in [-0.25, -0.2) is 4.79 Å². The number of likely N-dealkylation sites (tertiary alicyclic amines) is 2. The van der Waals surface area contributed by atoms with Crippen LogP contribution in [0.5, 0.6) is 0 Å². The lowest BCUT2D eigenvalue weighted by atomic mass is 9.54. The van der Waals surface area contributed by atoms with E-state index in [-0.39, 0.29) is 25.2 Å². The molecule has 212 valence electrons. The number of ketones is 1. The first-order valence-electron chi connectivity index (χ1n) is 13.0. The van der Waals surface area contributed by atoms with Gasteiger partial charge in [0.2, 0.25) is 0 Å². The number of piperidine rings is 2. The summed E-state index contributed by atoms with van der Waals surface area (Å²) in [5, 5.41) is 9.31. The van der Waals surface area contributed by atoms with E-state index in [0.717, 1.165) is 5.56 Å². The van der Waals surface area contributed by atoms with Gasteiger partial charge in [-0.1, -0.05) is 24.3 Å². The van der Waals surface area contributed by atoms with Crippen molar-refractivity contribution in [2.75, 3.05) is 34.4 Å². The molecule has 4 unspecified atom stereocenters. The highest BCUT2D eigenvalue weighted by atomic mass is 16.5. The Hall–Kier alpha value is -4.48. The van der Waals surface area contributed by atoms with Gasteiger partial charge in [0, 0.05) is 32.0 Å². The van der Waals surface area contributed by atoms with E-state index < -0.39 is 46.6 Å². The van der Waals surface area contributed by atoms with Crippen LogP contribution in [-0.4, -0.2) is 82.9 Å². The van der Waals surface area contributed by atoms with E-state index in [1.165, 1.54) is 26.4 Å². The lowest BCUT2D eigenvalue weighted by molar-refractivity contribution is -0.204. The van der Waals surface area contributed by atoms with Gasteiger partial charge in [-0.05, 0) is 49.0 Å². The van der Waals surface area contributed by atoms with Crippen LogP contribution in [0.2, 0.25) is 0 Å². The summed E-state index contributed by atoms with van der Waals surface area (Å²) in [5.41, 5.74) is -1.92. The predicted molar refractivity (Wildman–Crippen MR) is 144 cm³/mol. The molecule has 41 heavy (non-hydrogen) atoms. The third-order valence-corrected chi connectivity index (χ3v) is 8.15. The van der Waals surface area contributed by atoms with Crippen molar-refractivity contribution in [1.82, 2.24) is 19.8 Å². The molecule has 0 saturated carbocycles. The Morgan fingerprint density at radius 1 is 0.854 bits per heavy atom. The maximum atomic E-state index is 14.9. The monoisotopic (exact) mass is 558 g/mol. The normalized spacial score (nSPS) is 26.3. The molecule has 1 N–H and O–H groups in total. The molecule has 2 fully saturated rings. The van der Waals surface area contributed by atoms with Crippen LogP contribution in [0, 0.1) is 10.8 Å². The Morgan fingerprint density at radius 3 is 1.73 bits per heavy atom. The van der Waals surface area contributed by atoms with Gasteiger partial charge < -0.3 is 14.6 Å². The van der Waals surface area contributed by atoms with Crippen LogP contribution in [0.25, 0.3) is 0 Å². The number of nitrogens with zero attached hydrogens (tertiary/aromatic N) is 4. The minimum atomic E-state index is -1.85. The number of carboxylic acid groups (broad SMARTS) is 1. The fourth-order valence-electron chi connectivity index (χ4n) is 6.59. The summed E-state index contributed by atoms with van der Waals surface area (Å²) in [6.45, 7) is 0.0785. The number of aromatic carboxylic acids is 1. The number of rotatable bonds is 7. The Morgan fingerprint density at radius 2 is 1.34 bits per heavy atom. The van der Waals surface area contributed by atoms with Gasteiger partial charge >= 0.3 is 17.9 Å². The molecule has 2 saturated heterocycles. The zero-order chi connectivity index (χ0) is 29.4. The number of aromatic nitrogens is 2. The zero-order valence-electron chi connectivity index (χ0n) is 22.9. The molecule has 11 nitrogen and oxygen atoms in total. The van der Waals surface area contributed by atoms with E-state index >= 15 is 0 Å². The number of carbonyl (C=O) groups excluding carboxylic acids is 3. The molecule has 0 aliphatic carbocycles. The Labute approximate surface area is 236 Å². The van der Waals surface area contributed by atoms with Crippen LogP contribution in [0.3, 0.4) is 0 Å². The molecule has 1 aromatic carbocycles. The van der Waals surface area contributed by atoms with Crippen molar-refractivity contribution in [2.24, 2.45) is 10.8 Å². The number of benzene rings is 1. The minimum Gasteiger partial charge on any atom is -0.478 e. The first kappa shape index (κ1) is 28.1. The van der Waals surface area contributed by atoms with Crippen LogP contribution in [0.15, 0.2) is 73.1 Å². The Kier molecular flexibility index (Phi) is 7.41. The topological polar surface area (TPSA) is 139 Å². The maximum Gasteiger partial charge on any atom is 0.335 e. The van der Waals surface area contributed by atoms with Gasteiger partial charge in [0.25, 0.3) is 0 Å². The summed E-state index contributed by atoms with van der Waals surface area (Å²) >= 11 is 0. The quantitative estimate of drug-likeness (QED) is 0.338. The van der Waals surface area contributed by atoms with Crippen molar-refractivity contribution >= 4 is 23.7 Å². The predicted octanol–water partition coefficient (Wildman–Crippen LogP) is 2.31. The summed E-state index contributed by atoms with van der Waals surface area (Å²) in [6.07, 6.45) is 3.17. The number of hydrogen-bond donors (Lipinski definition) is 1. The van der Waals surface area contributed by atoms with Gasteiger partial charge in [-0.3, -0.25) is 34.2 Å². The van der Waals surface area contributed by atoms with E-state index in [4.69, 9.17) is 9.47 Å². The molecular formula is C30H30N4O7. The third kappa shape index (κ3) is 4.37. The van der Waals surface area contributed by atoms with Gasteiger partial charge in [0.15, 0.2) is 16.6 Å². The van der Waals surface area contributed by atoms with Crippen LogP contribution in [-0.2, 0) is 30.4 Å². The molecular weight excluding hydrogens is 528 g/mol. The molecule has 2 aromatic heterocycles. The van der Waals surface area contributed by atoms with Crippen molar-refractivity contribution in [3.63, 3.8) is 0 Å². The van der Waals surface area contributed by atoms with Crippen LogP contribution >= 0.6 is 0 Å². The van der Waals surface area contributed by atoms with E-state index in [2.05, 4.69) is 9.97 Å². The molecule has 0 spiro atoms. The summed E-state index contributed by atoms with van der Waals surface area (Å²) in [5.74, 6) is -3.23. The highest BCUT2D eigenvalue weighted by molar-refractivity contribution is 6.17. The number of methoxy groups -OCH3 is 2. The van der Waals surface area contributed by atoms with E-state index in [0.29, 0.717) is 11.4 Å². The number of Topliss-reactive ketones (excluding diaryl/α,β-unsaturated/α-hetero) is 1. The molecule has 0 radical (unpaired) electrons. The van der Waals surface area contributed by atoms with Crippen LogP contribution in [0.4, 0.5) is 0 Å². The minimum absolute atomic E-state index is 0.0710. The maximum absolute atomic E-state index is 14.9. The lowest BCUT2D eigenvalue weighted by Crippen LogP contribution is -2.75. The lowest BCUT2D eigenvalue weighted by Gasteiger charge is -2.60. The fraction of sp³-hybridized carbons (Fsp3) is 0.333. The first-order valence-corrected chi connectivity index (χ1v) is 13.0. The second-order valence-electron chi connectivity index (χ2n) is 10.4. The first-order chi connectivity index (χ1) is 19.7. The van der Waals surface area contributed by atoms with E-state index in [9.17, 15) is 24.3 Å². The molecule has 2 bridgehead atoms. The molecule has 4 heterocycles. The van der Waals surface area contributed by atoms with Crippen molar-refractivity contribution in [3.8, 4) is 0 Å². The molecule has 2 aliphatic rings. The molecule has 3 aromatic rings. The number of pyridine rings is 2. The number of carboxylic acids is 1. The molecule has 11 heteroatoms. The van der Waals surface area contributed by atoms with E-state index in [1.54, 1.807) is 68.0 Å². The zero-order valence-corrected chi connectivity index (χ0v) is 22.9. The van der Waals surface area contributed by atoms with Gasteiger partial charge in [-0.15, -0.1) is 0 Å². The largest absolute Gasteiger partial charge is 0.478 e. The second kappa shape index (κ2) is 10.8. The number of hydrogen-bond acceptors (Lipinski definition) is 10. The highest BCUT2D eigenvalue weighted by Crippen LogP contribution is 2.60. The Bertz CT molecular complexity index is 1390. The third-order valence-electron chi connectivity index (χ3n) is 8.15. The fourth-order valence-corrected chi connectivity index (χ4v) is 6.59. The summed E-state index contributed by atoms with van der Waals surface area (Å²) in [6, 6.07) is 15.0. The number of ether oxygens (including phenoxy) is 2. The molecule has 2 aliphatic heterocycles. The molecule has 0 amide bonds. The van der Waals surface area contributed by atoms with Crippen molar-refractivity contribution < 1.29 is 33.8 Å². The number of fused-ring (bicyclic) bond motifs is 2. The van der Waals surface area contributed by atoms with Gasteiger partial charge in [0.1, 0.15) is 0 Å². The van der Waals surface area contributed by atoms with Crippen molar-refractivity contribution in [1.29, 1.82) is 0 Å². The standard InChI is InChI=1S/C30H30N4O7/c1-33-23(21-8-4-6-14-31-21)29(27(38)40-2)17-34(16-19-10-12-20(13-11-19)25(35)36)18-30(26(29)37,28(39)41-3)24(33)22-9-5-7-15-32-22/h4-15,23-24H,16-18H2,1-3H3,(H,35,36). The summed E-state index contributed by atoms with van der Waals surface area (Å²) in [7, 11) is 4.18. The van der Waals surface area contributed by atoms with Crippen molar-refractivity contribution in [2.45, 2.75) is 18.6 Å². The summed E-state index contributed by atoms with van der Waals surface area (Å²) in [4.78, 5) is 66.8. The van der Waals surface area contributed by atoms with Crippen molar-refractivity contribution in [3.05, 3.63) is 95.6 Å². The SMILES string of the molecule is COC(=O)C12CN(Cc3ccc(C(=O)O)cc3)CC(C(=O)OC)(C1=O)C(c1ccccn1)N(C)C2c1ccccn1. The van der Waals surface area contributed by atoms with Gasteiger partial charge in [0.05, 0.1) is 43.3 Å². The Balaban J connectivity index is 1.75. The van der Waals surface area contributed by atoms with E-state index in [1.807, 2.05) is 9.80 Å².